The van der Waals surface area contributed by atoms with Crippen molar-refractivity contribution >= 4 is 0 Å². The minimum absolute atomic E-state index is 0.283. The van der Waals surface area contributed by atoms with E-state index in [0.29, 0.717) is 5.56 Å². The fourth-order valence-corrected chi connectivity index (χ4v) is 2.42. The molecule has 1 aliphatic carbocycles. The van der Waals surface area contributed by atoms with Gasteiger partial charge >= 0.3 is 6.18 Å². The van der Waals surface area contributed by atoms with Crippen LogP contribution in [0.3, 0.4) is 0 Å². The van der Waals surface area contributed by atoms with Crippen LogP contribution in [0.15, 0.2) is 24.3 Å². The van der Waals surface area contributed by atoms with Crippen molar-refractivity contribution in [3.05, 3.63) is 35.4 Å². The van der Waals surface area contributed by atoms with Gasteiger partial charge in [0, 0.05) is 11.0 Å². The lowest BCUT2D eigenvalue weighted by molar-refractivity contribution is -0.137. The highest BCUT2D eigenvalue weighted by Gasteiger charge is 2.54. The van der Waals surface area contributed by atoms with E-state index in [1.165, 1.54) is 12.1 Å². The molecule has 1 nitrogen and oxygen atoms in total. The highest BCUT2D eigenvalue weighted by molar-refractivity contribution is 5.39. The smallest absolute Gasteiger partial charge is 0.325 e. The number of rotatable bonds is 2. The van der Waals surface area contributed by atoms with Gasteiger partial charge < -0.3 is 5.73 Å². The normalized spacial score (nSPS) is 19.2. The Bertz CT molecular complexity index is 425. The van der Waals surface area contributed by atoms with Gasteiger partial charge in [0.05, 0.1) is 5.56 Å². The van der Waals surface area contributed by atoms with E-state index in [4.69, 9.17) is 5.73 Å². The first-order valence-electron chi connectivity index (χ1n) is 5.63. The van der Waals surface area contributed by atoms with Gasteiger partial charge in [0.2, 0.25) is 0 Å². The number of nitrogens with two attached hydrogens (primary N) is 1. The van der Waals surface area contributed by atoms with Gasteiger partial charge in [-0.15, -0.1) is 0 Å². The third-order valence-corrected chi connectivity index (χ3v) is 3.73. The van der Waals surface area contributed by atoms with Crippen molar-refractivity contribution < 1.29 is 13.2 Å². The second-order valence-electron chi connectivity index (χ2n) is 5.38. The van der Waals surface area contributed by atoms with E-state index in [0.717, 1.165) is 18.9 Å². The van der Waals surface area contributed by atoms with Crippen molar-refractivity contribution in [2.24, 2.45) is 5.73 Å². The van der Waals surface area contributed by atoms with Gasteiger partial charge in [0.1, 0.15) is 0 Å². The quantitative estimate of drug-likeness (QED) is 0.845. The van der Waals surface area contributed by atoms with Gasteiger partial charge in [-0.3, -0.25) is 0 Å². The van der Waals surface area contributed by atoms with Crippen molar-refractivity contribution in [1.82, 2.24) is 0 Å². The Morgan fingerprint density at radius 2 is 1.76 bits per heavy atom. The van der Waals surface area contributed by atoms with Gasteiger partial charge in [0.15, 0.2) is 0 Å². The van der Waals surface area contributed by atoms with Crippen molar-refractivity contribution in [2.75, 3.05) is 0 Å². The highest BCUT2D eigenvalue weighted by atomic mass is 19.4. The highest BCUT2D eigenvalue weighted by Crippen LogP contribution is 2.55. The molecule has 17 heavy (non-hydrogen) atoms. The third kappa shape index (κ3) is 2.06. The molecule has 0 bridgehead atoms. The SMILES string of the molecule is CC(C)(N)C1(c2cccc(C(F)(F)F)c2)CC1. The van der Waals surface area contributed by atoms with Crippen LogP contribution in [0.25, 0.3) is 0 Å². The lowest BCUT2D eigenvalue weighted by Gasteiger charge is -2.31. The minimum atomic E-state index is -4.29. The van der Waals surface area contributed by atoms with Crippen LogP contribution < -0.4 is 5.73 Å². The van der Waals surface area contributed by atoms with Gasteiger partial charge in [-0.25, -0.2) is 0 Å². The van der Waals surface area contributed by atoms with Crippen molar-refractivity contribution in [1.29, 1.82) is 0 Å². The second kappa shape index (κ2) is 3.48. The zero-order valence-corrected chi connectivity index (χ0v) is 9.93. The van der Waals surface area contributed by atoms with Crippen molar-refractivity contribution in [3.63, 3.8) is 0 Å². The lowest BCUT2D eigenvalue weighted by atomic mass is 9.79. The number of benzene rings is 1. The fraction of sp³-hybridized carbons (Fsp3) is 0.538. The molecule has 0 aliphatic heterocycles. The Morgan fingerprint density at radius 1 is 1.18 bits per heavy atom. The summed E-state index contributed by atoms with van der Waals surface area (Å²) in [6, 6.07) is 5.55. The minimum Gasteiger partial charge on any atom is -0.325 e. The van der Waals surface area contributed by atoms with Crippen LogP contribution >= 0.6 is 0 Å². The van der Waals surface area contributed by atoms with Gasteiger partial charge in [0.25, 0.3) is 0 Å². The molecular weight excluding hydrogens is 227 g/mol. The van der Waals surface area contributed by atoms with E-state index in [2.05, 4.69) is 0 Å². The molecule has 4 heteroatoms. The molecule has 0 atom stereocenters. The van der Waals surface area contributed by atoms with Crippen LogP contribution in [-0.2, 0) is 11.6 Å². The second-order valence-corrected chi connectivity index (χ2v) is 5.38. The molecule has 2 N–H and O–H groups in total. The molecule has 0 unspecified atom stereocenters. The third-order valence-electron chi connectivity index (χ3n) is 3.73. The van der Waals surface area contributed by atoms with Crippen LogP contribution in [0.1, 0.15) is 37.8 Å². The molecule has 1 aromatic rings. The van der Waals surface area contributed by atoms with Crippen LogP contribution in [0.4, 0.5) is 13.2 Å². The zero-order chi connectivity index (χ0) is 12.9. The zero-order valence-electron chi connectivity index (χ0n) is 9.93. The van der Waals surface area contributed by atoms with Crippen molar-refractivity contribution in [2.45, 2.75) is 43.8 Å². The molecule has 94 valence electrons. The van der Waals surface area contributed by atoms with Crippen LogP contribution in [0, 0.1) is 0 Å². The van der Waals surface area contributed by atoms with Crippen LogP contribution in [0.5, 0.6) is 0 Å². The Labute approximate surface area is 98.8 Å². The Morgan fingerprint density at radius 3 is 2.18 bits per heavy atom. The topological polar surface area (TPSA) is 26.0 Å². The van der Waals surface area contributed by atoms with Crippen molar-refractivity contribution in [3.8, 4) is 0 Å². The summed E-state index contributed by atoms with van der Waals surface area (Å²) in [5.74, 6) is 0. The summed E-state index contributed by atoms with van der Waals surface area (Å²) in [5, 5.41) is 0. The molecule has 0 heterocycles. The average molecular weight is 243 g/mol. The summed E-state index contributed by atoms with van der Waals surface area (Å²) in [4.78, 5) is 0. The van der Waals surface area contributed by atoms with E-state index in [1.807, 2.05) is 13.8 Å². The summed E-state index contributed by atoms with van der Waals surface area (Å²) >= 11 is 0. The molecule has 1 aromatic carbocycles. The lowest BCUT2D eigenvalue weighted by Crippen LogP contribution is -2.45. The van der Waals surface area contributed by atoms with E-state index in [9.17, 15) is 13.2 Å². The maximum absolute atomic E-state index is 12.6. The standard InChI is InChI=1S/C13H16F3N/c1-11(2,17)12(6-7-12)9-4-3-5-10(8-9)13(14,15)16/h3-5,8H,6-7,17H2,1-2H3. The molecule has 1 aliphatic rings. The summed E-state index contributed by atoms with van der Waals surface area (Å²) in [7, 11) is 0. The van der Waals surface area contributed by atoms with E-state index in [-0.39, 0.29) is 5.41 Å². The first-order valence-corrected chi connectivity index (χ1v) is 5.63. The fourth-order valence-electron chi connectivity index (χ4n) is 2.42. The molecule has 0 radical (unpaired) electrons. The average Bonchev–Trinajstić information content (AvgIpc) is 2.96. The Balaban J connectivity index is 2.42. The molecule has 1 fully saturated rings. The number of alkyl halides is 3. The summed E-state index contributed by atoms with van der Waals surface area (Å²) in [5.41, 5.74) is 5.43. The monoisotopic (exact) mass is 243 g/mol. The number of hydrogen-bond donors (Lipinski definition) is 1. The molecule has 0 saturated heterocycles. The largest absolute Gasteiger partial charge is 0.416 e. The molecule has 1 saturated carbocycles. The molecule has 0 spiro atoms. The summed E-state index contributed by atoms with van der Waals surface area (Å²) < 4.78 is 37.9. The van der Waals surface area contributed by atoms with Gasteiger partial charge in [-0.1, -0.05) is 18.2 Å². The van der Waals surface area contributed by atoms with E-state index >= 15 is 0 Å². The van der Waals surface area contributed by atoms with E-state index < -0.39 is 17.3 Å². The maximum atomic E-state index is 12.6. The van der Waals surface area contributed by atoms with Crippen LogP contribution in [0.2, 0.25) is 0 Å². The maximum Gasteiger partial charge on any atom is 0.416 e. The van der Waals surface area contributed by atoms with Gasteiger partial charge in [-0.2, -0.15) is 13.2 Å². The predicted octanol–water partition coefficient (Wildman–Crippen LogP) is 3.47. The predicted molar refractivity (Wildman–Crippen MR) is 60.6 cm³/mol. The number of halogens is 3. The summed E-state index contributed by atoms with van der Waals surface area (Å²) in [6.45, 7) is 3.75. The number of hydrogen-bond acceptors (Lipinski definition) is 1. The molecule has 2 rings (SSSR count). The molecular formula is C13H16F3N. The first-order chi connectivity index (χ1) is 7.67. The Hall–Kier alpha value is -1.03. The van der Waals surface area contributed by atoms with Crippen LogP contribution in [-0.4, -0.2) is 5.54 Å². The first kappa shape index (κ1) is 12.4. The molecule has 0 aromatic heterocycles. The van der Waals surface area contributed by atoms with Gasteiger partial charge in [-0.05, 0) is 38.3 Å². The van der Waals surface area contributed by atoms with E-state index in [1.54, 1.807) is 6.07 Å². The summed E-state index contributed by atoms with van der Waals surface area (Å²) in [6.07, 6.45) is -2.57. The molecule has 0 amide bonds. The Kier molecular flexibility index (Phi) is 2.54.